The second-order valence-electron chi connectivity index (χ2n) is 5.49. The van der Waals surface area contributed by atoms with Crippen LogP contribution < -0.4 is 0 Å². The van der Waals surface area contributed by atoms with E-state index >= 15 is 0 Å². The number of aromatic nitrogens is 1. The average Bonchev–Trinajstić information content (AvgIpc) is 2.58. The minimum absolute atomic E-state index is 0.155. The van der Waals surface area contributed by atoms with E-state index in [0.29, 0.717) is 0 Å². The largest absolute Gasteiger partial charge is 0.294 e. The normalized spacial score (nSPS) is 23.3. The molecule has 0 radical (unpaired) electrons. The third kappa shape index (κ3) is 2.01. The lowest BCUT2D eigenvalue weighted by atomic mass is 9.78. The van der Waals surface area contributed by atoms with E-state index in [2.05, 4.69) is 18.8 Å². The molecule has 1 saturated carbocycles. The lowest BCUT2D eigenvalue weighted by Gasteiger charge is -2.25. The highest BCUT2D eigenvalue weighted by Crippen LogP contribution is 2.43. The van der Waals surface area contributed by atoms with Gasteiger partial charge in [-0.2, -0.15) is 0 Å². The van der Waals surface area contributed by atoms with E-state index in [1.807, 2.05) is 19.1 Å². The Morgan fingerprint density at radius 1 is 1.44 bits per heavy atom. The summed E-state index contributed by atoms with van der Waals surface area (Å²) >= 11 is 0. The van der Waals surface area contributed by atoms with E-state index in [0.717, 1.165) is 24.1 Å². The predicted molar refractivity (Wildman–Crippen MR) is 64.4 cm³/mol. The van der Waals surface area contributed by atoms with Crippen LogP contribution >= 0.6 is 0 Å². The van der Waals surface area contributed by atoms with Crippen LogP contribution in [0.15, 0.2) is 18.3 Å². The van der Waals surface area contributed by atoms with Crippen molar-refractivity contribution in [1.82, 2.24) is 4.98 Å². The molecule has 1 aromatic rings. The van der Waals surface area contributed by atoms with Crippen molar-refractivity contribution in [2.24, 2.45) is 11.3 Å². The van der Waals surface area contributed by atoms with Gasteiger partial charge in [-0.25, -0.2) is 0 Å². The standard InChI is InChI=1S/C14H19NO/c1-10-6-7-11(9-15-10)13(16)12-5-4-8-14(12,2)3/h6-7,9,12H,4-5,8H2,1-3H3. The van der Waals surface area contributed by atoms with Crippen molar-refractivity contribution in [3.8, 4) is 0 Å². The average molecular weight is 217 g/mol. The second-order valence-corrected chi connectivity index (χ2v) is 5.49. The Bertz CT molecular complexity index is 392. The van der Waals surface area contributed by atoms with E-state index in [1.165, 1.54) is 6.42 Å². The molecule has 1 fully saturated rings. The van der Waals surface area contributed by atoms with Crippen molar-refractivity contribution in [1.29, 1.82) is 0 Å². The van der Waals surface area contributed by atoms with Crippen LogP contribution in [-0.2, 0) is 0 Å². The molecule has 2 heteroatoms. The van der Waals surface area contributed by atoms with Gasteiger partial charge in [0.1, 0.15) is 0 Å². The van der Waals surface area contributed by atoms with Crippen molar-refractivity contribution < 1.29 is 4.79 Å². The zero-order valence-corrected chi connectivity index (χ0v) is 10.3. The highest BCUT2D eigenvalue weighted by atomic mass is 16.1. The number of Topliss-reactive ketones (excluding diaryl/α,β-unsaturated/α-hetero) is 1. The Morgan fingerprint density at radius 2 is 2.19 bits per heavy atom. The Hall–Kier alpha value is -1.18. The molecule has 1 heterocycles. The fourth-order valence-corrected chi connectivity index (χ4v) is 2.63. The minimum Gasteiger partial charge on any atom is -0.294 e. The molecule has 0 aromatic carbocycles. The van der Waals surface area contributed by atoms with Gasteiger partial charge in [-0.3, -0.25) is 9.78 Å². The summed E-state index contributed by atoms with van der Waals surface area (Å²) < 4.78 is 0. The SMILES string of the molecule is Cc1ccc(C(=O)C2CCCC2(C)C)cn1. The van der Waals surface area contributed by atoms with Crippen LogP contribution in [0.5, 0.6) is 0 Å². The van der Waals surface area contributed by atoms with E-state index in [9.17, 15) is 4.79 Å². The highest BCUT2D eigenvalue weighted by Gasteiger charge is 2.39. The summed E-state index contributed by atoms with van der Waals surface area (Å²) in [6.45, 7) is 6.34. The second kappa shape index (κ2) is 4.00. The number of aryl methyl sites for hydroxylation is 1. The monoisotopic (exact) mass is 217 g/mol. The maximum absolute atomic E-state index is 12.3. The van der Waals surface area contributed by atoms with Crippen LogP contribution in [0.3, 0.4) is 0 Å². The van der Waals surface area contributed by atoms with Gasteiger partial charge in [-0.1, -0.05) is 20.3 Å². The first-order valence-electron chi connectivity index (χ1n) is 5.97. The molecule has 16 heavy (non-hydrogen) atoms. The quantitative estimate of drug-likeness (QED) is 0.711. The van der Waals surface area contributed by atoms with Crippen LogP contribution in [0.1, 0.15) is 49.2 Å². The Balaban J connectivity index is 2.22. The molecule has 1 atom stereocenters. The van der Waals surface area contributed by atoms with E-state index in [-0.39, 0.29) is 17.1 Å². The first kappa shape index (κ1) is 11.3. The highest BCUT2D eigenvalue weighted by molar-refractivity contribution is 5.98. The number of nitrogens with zero attached hydrogens (tertiary/aromatic N) is 1. The molecular weight excluding hydrogens is 198 g/mol. The van der Waals surface area contributed by atoms with Gasteiger partial charge in [-0.15, -0.1) is 0 Å². The summed E-state index contributed by atoms with van der Waals surface area (Å²) in [4.78, 5) is 16.5. The van der Waals surface area contributed by atoms with E-state index in [1.54, 1.807) is 6.20 Å². The van der Waals surface area contributed by atoms with E-state index in [4.69, 9.17) is 0 Å². The van der Waals surface area contributed by atoms with Gasteiger partial charge in [0.15, 0.2) is 5.78 Å². The third-order valence-electron chi connectivity index (χ3n) is 3.77. The van der Waals surface area contributed by atoms with E-state index < -0.39 is 0 Å². The summed E-state index contributed by atoms with van der Waals surface area (Å²) in [5.74, 6) is 0.451. The summed E-state index contributed by atoms with van der Waals surface area (Å²) in [5, 5.41) is 0. The molecule has 2 nitrogen and oxygen atoms in total. The van der Waals surface area contributed by atoms with Crippen LogP contribution in [0.4, 0.5) is 0 Å². The van der Waals surface area contributed by atoms with Gasteiger partial charge in [0, 0.05) is 23.4 Å². The van der Waals surface area contributed by atoms with Crippen LogP contribution in [0, 0.1) is 18.3 Å². The van der Waals surface area contributed by atoms with Gasteiger partial charge < -0.3 is 0 Å². The zero-order chi connectivity index (χ0) is 11.8. The number of hydrogen-bond donors (Lipinski definition) is 0. The maximum Gasteiger partial charge on any atom is 0.168 e. The third-order valence-corrected chi connectivity index (χ3v) is 3.77. The van der Waals surface area contributed by atoms with Crippen LogP contribution in [0.2, 0.25) is 0 Å². The number of hydrogen-bond acceptors (Lipinski definition) is 2. The van der Waals surface area contributed by atoms with Crippen LogP contribution in [-0.4, -0.2) is 10.8 Å². The summed E-state index contributed by atoms with van der Waals surface area (Å²) in [6.07, 6.45) is 5.07. The van der Waals surface area contributed by atoms with Gasteiger partial charge in [-0.05, 0) is 37.3 Å². The summed E-state index contributed by atoms with van der Waals surface area (Å²) in [7, 11) is 0. The van der Waals surface area contributed by atoms with Crippen molar-refractivity contribution in [3.05, 3.63) is 29.6 Å². The van der Waals surface area contributed by atoms with Crippen molar-refractivity contribution >= 4 is 5.78 Å². The fourth-order valence-electron chi connectivity index (χ4n) is 2.63. The Morgan fingerprint density at radius 3 is 2.69 bits per heavy atom. The molecule has 1 unspecified atom stereocenters. The fraction of sp³-hybridized carbons (Fsp3) is 0.571. The molecule has 0 aliphatic heterocycles. The van der Waals surface area contributed by atoms with Crippen molar-refractivity contribution in [2.75, 3.05) is 0 Å². The smallest absolute Gasteiger partial charge is 0.168 e. The summed E-state index contributed by atoms with van der Waals surface area (Å²) in [5.41, 5.74) is 1.88. The van der Waals surface area contributed by atoms with Crippen molar-refractivity contribution in [2.45, 2.75) is 40.0 Å². The number of carbonyl (C=O) groups excluding carboxylic acids is 1. The number of ketones is 1. The molecule has 1 aromatic heterocycles. The zero-order valence-electron chi connectivity index (χ0n) is 10.3. The number of carbonyl (C=O) groups is 1. The summed E-state index contributed by atoms with van der Waals surface area (Å²) in [6, 6.07) is 3.81. The first-order valence-corrected chi connectivity index (χ1v) is 5.97. The molecule has 0 bridgehead atoms. The molecule has 1 aliphatic rings. The van der Waals surface area contributed by atoms with Gasteiger partial charge in [0.2, 0.25) is 0 Å². The maximum atomic E-state index is 12.3. The molecule has 86 valence electrons. The molecule has 0 amide bonds. The lowest BCUT2D eigenvalue weighted by Crippen LogP contribution is -2.25. The number of pyridine rings is 1. The Kier molecular flexibility index (Phi) is 2.83. The molecule has 0 N–H and O–H groups in total. The van der Waals surface area contributed by atoms with Gasteiger partial charge >= 0.3 is 0 Å². The number of rotatable bonds is 2. The molecular formula is C14H19NO. The molecule has 0 saturated heterocycles. The van der Waals surface area contributed by atoms with Gasteiger partial charge in [0.25, 0.3) is 0 Å². The van der Waals surface area contributed by atoms with Gasteiger partial charge in [0.05, 0.1) is 0 Å². The molecule has 2 rings (SSSR count). The van der Waals surface area contributed by atoms with Crippen LogP contribution in [0.25, 0.3) is 0 Å². The first-order chi connectivity index (χ1) is 7.50. The van der Waals surface area contributed by atoms with Crippen molar-refractivity contribution in [3.63, 3.8) is 0 Å². The topological polar surface area (TPSA) is 30.0 Å². The predicted octanol–water partition coefficient (Wildman–Crippen LogP) is 3.40. The lowest BCUT2D eigenvalue weighted by molar-refractivity contribution is 0.0839. The molecule has 1 aliphatic carbocycles. The minimum atomic E-state index is 0.155. The molecule has 0 spiro atoms. The Labute approximate surface area is 97.1 Å².